The normalized spacial score (nSPS) is 9.00. The van der Waals surface area contributed by atoms with Gasteiger partial charge in [-0.15, -0.1) is 0 Å². The van der Waals surface area contributed by atoms with Gasteiger partial charge in [0.15, 0.2) is 12.3 Å². The van der Waals surface area contributed by atoms with Gasteiger partial charge in [0.25, 0.3) is 0 Å². The lowest BCUT2D eigenvalue weighted by Gasteiger charge is -1.89. The topological polar surface area (TPSA) is 18.5 Å². The Bertz CT molecular complexity index is 20.8. The lowest BCUT2D eigenvalue weighted by Crippen LogP contribution is -1.75. The van der Waals surface area contributed by atoms with Gasteiger partial charge >= 0.3 is 0 Å². The number of rotatable bonds is 3. The fourth-order valence-corrected chi connectivity index (χ4v) is 0.289. The summed E-state index contributed by atoms with van der Waals surface area (Å²) in [5.74, 6) is 0. The first-order valence-electron chi connectivity index (χ1n) is 1.74. The maximum Gasteiger partial charge on any atom is 0.158 e. The summed E-state index contributed by atoms with van der Waals surface area (Å²) in [4.78, 5) is 0. The van der Waals surface area contributed by atoms with E-state index >= 15 is 0 Å². The Labute approximate surface area is 42.2 Å². The van der Waals surface area contributed by atoms with E-state index < -0.39 is 0 Å². The molecule has 0 aliphatic carbocycles. The summed E-state index contributed by atoms with van der Waals surface area (Å²) < 4.78 is 9.15. The molecule has 0 unspecified atom stereocenters. The summed E-state index contributed by atoms with van der Waals surface area (Å²) in [7, 11) is 1.57. The van der Waals surface area contributed by atoms with Crippen molar-refractivity contribution in [2.75, 3.05) is 13.7 Å². The Kier molecular flexibility index (Phi) is 5.51. The zero-order valence-corrected chi connectivity index (χ0v) is 4.75. The molecular formula is C3H8O2S. The first-order chi connectivity index (χ1) is 2.91. The van der Waals surface area contributed by atoms with Crippen LogP contribution in [0.5, 0.6) is 0 Å². The molecule has 38 valence electrons. The molecule has 0 aromatic rings. The summed E-state index contributed by atoms with van der Waals surface area (Å²) in [6.45, 7) is 2.60. The van der Waals surface area contributed by atoms with Crippen LogP contribution in [0.1, 0.15) is 6.92 Å². The molecule has 0 aliphatic rings. The molecule has 2 nitrogen and oxygen atoms in total. The van der Waals surface area contributed by atoms with Crippen molar-refractivity contribution in [3.63, 3.8) is 0 Å². The van der Waals surface area contributed by atoms with Gasteiger partial charge in [0.1, 0.15) is 0 Å². The van der Waals surface area contributed by atoms with Crippen LogP contribution < -0.4 is 0 Å². The largest absolute Gasteiger partial charge is 0.295 e. The van der Waals surface area contributed by atoms with Crippen LogP contribution in [0.25, 0.3) is 0 Å². The van der Waals surface area contributed by atoms with E-state index in [4.69, 9.17) is 0 Å². The van der Waals surface area contributed by atoms with E-state index in [0.717, 1.165) is 12.3 Å². The molecular weight excluding hydrogens is 100 g/mol. The second-order valence-corrected chi connectivity index (χ2v) is 1.35. The van der Waals surface area contributed by atoms with Crippen molar-refractivity contribution < 1.29 is 8.37 Å². The van der Waals surface area contributed by atoms with E-state index in [1.165, 1.54) is 0 Å². The molecule has 0 aromatic carbocycles. The van der Waals surface area contributed by atoms with Gasteiger partial charge in [0.05, 0.1) is 13.7 Å². The quantitative estimate of drug-likeness (QED) is 0.400. The van der Waals surface area contributed by atoms with Gasteiger partial charge in [-0.2, -0.15) is 0 Å². The lowest BCUT2D eigenvalue weighted by atomic mass is 10.9. The molecule has 0 N–H and O–H groups in total. The highest BCUT2D eigenvalue weighted by atomic mass is 32.2. The Morgan fingerprint density at radius 1 is 1.67 bits per heavy atom. The zero-order valence-electron chi connectivity index (χ0n) is 3.93. The van der Waals surface area contributed by atoms with Gasteiger partial charge in [0.2, 0.25) is 0 Å². The van der Waals surface area contributed by atoms with E-state index in [2.05, 4.69) is 8.37 Å². The highest BCUT2D eigenvalue weighted by Gasteiger charge is 1.74. The van der Waals surface area contributed by atoms with Crippen molar-refractivity contribution in [2.24, 2.45) is 0 Å². The molecule has 0 amide bonds. The van der Waals surface area contributed by atoms with Crippen molar-refractivity contribution in [1.29, 1.82) is 0 Å². The van der Waals surface area contributed by atoms with E-state index in [0.29, 0.717) is 6.61 Å². The van der Waals surface area contributed by atoms with Crippen molar-refractivity contribution in [3.05, 3.63) is 0 Å². The molecule has 3 heteroatoms. The molecule has 0 atom stereocenters. The third-order valence-electron chi connectivity index (χ3n) is 0.234. The van der Waals surface area contributed by atoms with Gasteiger partial charge in [-0.25, -0.2) is 0 Å². The minimum absolute atomic E-state index is 0.693. The highest BCUT2D eigenvalue weighted by Crippen LogP contribution is 1.98. The lowest BCUT2D eigenvalue weighted by molar-refractivity contribution is 0.339. The SMILES string of the molecule is CCOSOC. The molecule has 0 rings (SSSR count). The summed E-state index contributed by atoms with van der Waals surface area (Å²) in [5.41, 5.74) is 0. The smallest absolute Gasteiger partial charge is 0.158 e. The van der Waals surface area contributed by atoms with Gasteiger partial charge in [-0.1, -0.05) is 0 Å². The van der Waals surface area contributed by atoms with Crippen molar-refractivity contribution in [3.8, 4) is 0 Å². The van der Waals surface area contributed by atoms with Crippen LogP contribution in [0.3, 0.4) is 0 Å². The molecule has 0 radical (unpaired) electrons. The van der Waals surface area contributed by atoms with Crippen LogP contribution in [-0.2, 0) is 8.37 Å². The fraction of sp³-hybridized carbons (Fsp3) is 1.00. The first kappa shape index (κ1) is 6.27. The fourth-order valence-electron chi connectivity index (χ4n) is 0.0962. The zero-order chi connectivity index (χ0) is 4.83. The molecule has 0 bridgehead atoms. The minimum atomic E-state index is 0.693. The van der Waals surface area contributed by atoms with E-state index in [1.54, 1.807) is 7.11 Å². The molecule has 6 heavy (non-hydrogen) atoms. The predicted molar refractivity (Wildman–Crippen MR) is 26.2 cm³/mol. The van der Waals surface area contributed by atoms with Gasteiger partial charge in [-0.3, -0.25) is 8.37 Å². The molecule has 0 saturated carbocycles. The highest BCUT2D eigenvalue weighted by molar-refractivity contribution is 7.89. The van der Waals surface area contributed by atoms with Crippen molar-refractivity contribution in [1.82, 2.24) is 0 Å². The monoisotopic (exact) mass is 108 g/mol. The summed E-state index contributed by atoms with van der Waals surface area (Å²) in [6, 6.07) is 0. The average Bonchev–Trinajstić information content (AvgIpc) is 1.61. The van der Waals surface area contributed by atoms with Crippen LogP contribution in [0, 0.1) is 0 Å². The maximum atomic E-state index is 4.68. The van der Waals surface area contributed by atoms with E-state index in [-0.39, 0.29) is 0 Å². The minimum Gasteiger partial charge on any atom is -0.295 e. The molecule has 0 aromatic heterocycles. The Balaban J connectivity index is 2.34. The second kappa shape index (κ2) is 5.27. The van der Waals surface area contributed by atoms with E-state index in [9.17, 15) is 0 Å². The predicted octanol–water partition coefficient (Wildman–Crippen LogP) is 1.23. The summed E-state index contributed by atoms with van der Waals surface area (Å²) in [6.07, 6.45) is 0. The average molecular weight is 108 g/mol. The van der Waals surface area contributed by atoms with Gasteiger partial charge in [-0.05, 0) is 6.92 Å². The Morgan fingerprint density at radius 2 is 2.33 bits per heavy atom. The summed E-state index contributed by atoms with van der Waals surface area (Å²) in [5, 5.41) is 0. The Hall–Kier alpha value is 0.270. The van der Waals surface area contributed by atoms with Crippen LogP contribution in [0.4, 0.5) is 0 Å². The van der Waals surface area contributed by atoms with Gasteiger partial charge in [0, 0.05) is 0 Å². The molecule has 0 fully saturated rings. The molecule has 0 aliphatic heterocycles. The number of hydrogen-bond donors (Lipinski definition) is 0. The molecule has 0 saturated heterocycles. The van der Waals surface area contributed by atoms with Crippen LogP contribution in [0.2, 0.25) is 0 Å². The third kappa shape index (κ3) is 4.27. The Morgan fingerprint density at radius 3 is 2.50 bits per heavy atom. The van der Waals surface area contributed by atoms with Crippen LogP contribution >= 0.6 is 12.3 Å². The third-order valence-corrected chi connectivity index (χ3v) is 0.702. The number of hydrogen-bond acceptors (Lipinski definition) is 3. The van der Waals surface area contributed by atoms with Gasteiger partial charge < -0.3 is 0 Å². The van der Waals surface area contributed by atoms with Crippen LogP contribution in [0.15, 0.2) is 0 Å². The molecule has 0 heterocycles. The molecule has 0 spiro atoms. The maximum absolute atomic E-state index is 4.68. The van der Waals surface area contributed by atoms with E-state index in [1.807, 2.05) is 6.92 Å². The first-order valence-corrected chi connectivity index (χ1v) is 2.40. The van der Waals surface area contributed by atoms with Crippen LogP contribution in [-0.4, -0.2) is 13.7 Å². The second-order valence-electron chi connectivity index (χ2n) is 0.641. The van der Waals surface area contributed by atoms with Crippen molar-refractivity contribution >= 4 is 12.3 Å². The standard InChI is InChI=1S/C3H8O2S/c1-3-5-6-4-2/h3H2,1-2H3. The summed E-state index contributed by atoms with van der Waals surface area (Å²) >= 11 is 1.01. The van der Waals surface area contributed by atoms with Crippen molar-refractivity contribution in [2.45, 2.75) is 6.92 Å².